The van der Waals surface area contributed by atoms with Crippen LogP contribution in [0, 0.1) is 0 Å². The van der Waals surface area contributed by atoms with Crippen LogP contribution in [0.2, 0.25) is 0 Å². The van der Waals surface area contributed by atoms with E-state index in [1.54, 1.807) is 6.07 Å². The maximum absolute atomic E-state index is 12.3. The van der Waals surface area contributed by atoms with Crippen LogP contribution in [-0.2, 0) is 9.84 Å². The van der Waals surface area contributed by atoms with E-state index in [9.17, 15) is 13.2 Å². The fourth-order valence-electron chi connectivity index (χ4n) is 2.49. The smallest absolute Gasteiger partial charge is 0.283 e. The Morgan fingerprint density at radius 1 is 1.35 bits per heavy atom. The summed E-state index contributed by atoms with van der Waals surface area (Å²) in [6.07, 6.45) is 2.80. The maximum Gasteiger partial charge on any atom is 0.283 e. The second-order valence-corrected chi connectivity index (χ2v) is 7.32. The molecule has 0 saturated carbocycles. The van der Waals surface area contributed by atoms with E-state index in [0.29, 0.717) is 5.56 Å². The molecule has 0 fully saturated rings. The van der Waals surface area contributed by atoms with Gasteiger partial charge in [0.05, 0.1) is 12.7 Å². The van der Waals surface area contributed by atoms with Gasteiger partial charge < -0.3 is 16.2 Å². The van der Waals surface area contributed by atoms with E-state index < -0.39 is 21.7 Å². The summed E-state index contributed by atoms with van der Waals surface area (Å²) in [5, 5.41) is 0. The molecule has 128 valence electrons. The zero-order valence-electron chi connectivity index (χ0n) is 13.8. The molecule has 0 bridgehead atoms. The van der Waals surface area contributed by atoms with E-state index in [4.69, 9.17) is 16.2 Å². The minimum Gasteiger partial charge on any atom is -0.495 e. The number of carbonyl (C=O) groups excluding carboxylic acids is 1. The topological polar surface area (TPSA) is 125 Å². The molecular weight excluding hydrogens is 318 g/mol. The summed E-state index contributed by atoms with van der Waals surface area (Å²) in [7, 11) is -2.30. The molecule has 1 atom stereocenters. The van der Waals surface area contributed by atoms with Crippen LogP contribution in [0.25, 0.3) is 0 Å². The Hall–Kier alpha value is -2.09. The Balaban J connectivity index is 3.69. The molecule has 1 unspecified atom stereocenters. The Bertz CT molecular complexity index is 722. The van der Waals surface area contributed by atoms with Crippen molar-refractivity contribution >= 4 is 21.7 Å². The number of carbonyl (C=O) groups is 1. The van der Waals surface area contributed by atoms with Crippen molar-refractivity contribution < 1.29 is 17.9 Å². The fraction of sp³-hybridized carbons (Fsp3) is 0.467. The molecule has 1 rings (SSSR count). The molecule has 7 nitrogen and oxygen atoms in total. The van der Waals surface area contributed by atoms with Gasteiger partial charge in [0.25, 0.3) is 5.91 Å². The van der Waals surface area contributed by atoms with Gasteiger partial charge in [0.15, 0.2) is 21.5 Å². The number of hydrogen-bond donors (Lipinski definition) is 2. The average molecular weight is 341 g/mol. The summed E-state index contributed by atoms with van der Waals surface area (Å²) in [6, 6.07) is 3.11. The van der Waals surface area contributed by atoms with Crippen LogP contribution in [0.1, 0.15) is 48.5 Å². The number of benzene rings is 1. The van der Waals surface area contributed by atoms with Crippen molar-refractivity contribution in [2.75, 3.05) is 13.4 Å². The molecule has 0 spiro atoms. The SMILES string of the molecule is CCCC(C)c1ccc(C(=O)N=C(N)N)c(OC)c1S(C)(=O)=O. The number of nitrogens with two attached hydrogens (primary N) is 2. The number of methoxy groups -OCH3 is 1. The largest absolute Gasteiger partial charge is 0.495 e. The van der Waals surface area contributed by atoms with Gasteiger partial charge in [-0.05, 0) is 24.0 Å². The summed E-state index contributed by atoms with van der Waals surface area (Å²) in [4.78, 5) is 15.6. The number of aliphatic imine (C=N–C) groups is 1. The summed E-state index contributed by atoms with van der Waals surface area (Å²) in [5.74, 6) is -1.17. The third-order valence-electron chi connectivity index (χ3n) is 3.43. The normalized spacial score (nSPS) is 12.5. The van der Waals surface area contributed by atoms with Gasteiger partial charge in [-0.1, -0.05) is 26.3 Å². The summed E-state index contributed by atoms with van der Waals surface area (Å²) in [6.45, 7) is 3.95. The van der Waals surface area contributed by atoms with Crippen molar-refractivity contribution in [3.05, 3.63) is 23.3 Å². The molecule has 1 aromatic carbocycles. The van der Waals surface area contributed by atoms with Crippen molar-refractivity contribution in [2.45, 2.75) is 37.5 Å². The second kappa shape index (κ2) is 7.45. The van der Waals surface area contributed by atoms with Gasteiger partial charge >= 0.3 is 0 Å². The van der Waals surface area contributed by atoms with Crippen LogP contribution in [-0.4, -0.2) is 33.7 Å². The zero-order valence-corrected chi connectivity index (χ0v) is 14.6. The first kappa shape index (κ1) is 19.0. The minimum absolute atomic E-state index is 0.00542. The Kier molecular flexibility index (Phi) is 6.14. The van der Waals surface area contributed by atoms with E-state index in [1.807, 2.05) is 13.8 Å². The molecule has 23 heavy (non-hydrogen) atoms. The van der Waals surface area contributed by atoms with Crippen LogP contribution >= 0.6 is 0 Å². The highest BCUT2D eigenvalue weighted by Gasteiger charge is 2.27. The summed E-state index contributed by atoms with van der Waals surface area (Å²) >= 11 is 0. The maximum atomic E-state index is 12.3. The van der Waals surface area contributed by atoms with Gasteiger partial charge in [0.2, 0.25) is 0 Å². The number of ether oxygens (including phenoxy) is 1. The summed E-state index contributed by atoms with van der Waals surface area (Å²) in [5.41, 5.74) is 11.0. The quantitative estimate of drug-likeness (QED) is 0.595. The van der Waals surface area contributed by atoms with Crippen molar-refractivity contribution in [1.82, 2.24) is 0 Å². The number of nitrogens with zero attached hydrogens (tertiary/aromatic N) is 1. The molecular formula is C15H23N3O4S. The van der Waals surface area contributed by atoms with Gasteiger partial charge in [-0.25, -0.2) is 8.42 Å². The van der Waals surface area contributed by atoms with Crippen LogP contribution in [0.3, 0.4) is 0 Å². The molecule has 1 aromatic rings. The third kappa shape index (κ3) is 4.44. The molecule has 0 saturated heterocycles. The van der Waals surface area contributed by atoms with Crippen molar-refractivity contribution in [3.63, 3.8) is 0 Å². The predicted molar refractivity (Wildman–Crippen MR) is 89.6 cm³/mol. The first-order valence-electron chi connectivity index (χ1n) is 7.18. The van der Waals surface area contributed by atoms with Crippen molar-refractivity contribution in [2.24, 2.45) is 16.5 Å². The Morgan fingerprint density at radius 3 is 2.39 bits per heavy atom. The molecule has 0 aromatic heterocycles. The van der Waals surface area contributed by atoms with Gasteiger partial charge in [0, 0.05) is 6.26 Å². The van der Waals surface area contributed by atoms with Crippen LogP contribution in [0.15, 0.2) is 22.0 Å². The first-order valence-corrected chi connectivity index (χ1v) is 9.07. The van der Waals surface area contributed by atoms with E-state index >= 15 is 0 Å². The van der Waals surface area contributed by atoms with Gasteiger partial charge in [-0.3, -0.25) is 4.79 Å². The fourth-order valence-corrected chi connectivity index (χ4v) is 3.71. The number of rotatable bonds is 6. The van der Waals surface area contributed by atoms with Crippen molar-refractivity contribution in [1.29, 1.82) is 0 Å². The molecule has 0 heterocycles. The lowest BCUT2D eigenvalue weighted by Crippen LogP contribution is -2.24. The highest BCUT2D eigenvalue weighted by atomic mass is 32.2. The van der Waals surface area contributed by atoms with Crippen molar-refractivity contribution in [3.8, 4) is 5.75 Å². The van der Waals surface area contributed by atoms with E-state index in [2.05, 4.69) is 4.99 Å². The standard InChI is InChI=1S/C15H23N3O4S/c1-5-6-9(2)10-7-8-11(14(19)18-15(16)17)12(22-3)13(10)23(4,20)21/h7-9H,5-6H2,1-4H3,(H4,16,17,18,19). The number of guanidine groups is 1. The summed E-state index contributed by atoms with van der Waals surface area (Å²) < 4.78 is 29.7. The monoisotopic (exact) mass is 341 g/mol. The molecule has 0 radical (unpaired) electrons. The minimum atomic E-state index is -3.61. The number of hydrogen-bond acceptors (Lipinski definition) is 4. The molecule has 0 aliphatic carbocycles. The van der Waals surface area contributed by atoms with E-state index in [0.717, 1.165) is 19.1 Å². The molecule has 8 heteroatoms. The van der Waals surface area contributed by atoms with E-state index in [-0.39, 0.29) is 22.1 Å². The van der Waals surface area contributed by atoms with Crippen LogP contribution < -0.4 is 16.2 Å². The predicted octanol–water partition coefficient (Wildman–Crippen LogP) is 1.42. The Morgan fingerprint density at radius 2 is 1.96 bits per heavy atom. The highest BCUT2D eigenvalue weighted by molar-refractivity contribution is 7.90. The zero-order chi connectivity index (χ0) is 17.8. The van der Waals surface area contributed by atoms with Crippen LogP contribution in [0.5, 0.6) is 5.75 Å². The molecule has 1 amide bonds. The van der Waals surface area contributed by atoms with Gasteiger partial charge in [-0.2, -0.15) is 4.99 Å². The lowest BCUT2D eigenvalue weighted by Gasteiger charge is -2.19. The highest BCUT2D eigenvalue weighted by Crippen LogP contribution is 2.37. The molecule has 0 aliphatic heterocycles. The second-order valence-electron chi connectivity index (χ2n) is 5.37. The molecule has 0 aliphatic rings. The molecule has 4 N–H and O–H groups in total. The Labute approximate surface area is 136 Å². The van der Waals surface area contributed by atoms with Gasteiger partial charge in [-0.15, -0.1) is 0 Å². The first-order chi connectivity index (χ1) is 10.6. The lowest BCUT2D eigenvalue weighted by atomic mass is 9.95. The number of amides is 1. The van der Waals surface area contributed by atoms with Crippen LogP contribution in [0.4, 0.5) is 0 Å². The third-order valence-corrected chi connectivity index (χ3v) is 4.59. The number of sulfone groups is 1. The van der Waals surface area contributed by atoms with Gasteiger partial charge in [0.1, 0.15) is 4.90 Å². The lowest BCUT2D eigenvalue weighted by molar-refractivity contribution is 0.0999. The van der Waals surface area contributed by atoms with E-state index in [1.165, 1.54) is 13.2 Å². The average Bonchev–Trinajstić information content (AvgIpc) is 2.44.